The van der Waals surface area contributed by atoms with Crippen LogP contribution in [0.4, 0.5) is 0 Å². The van der Waals surface area contributed by atoms with Crippen molar-refractivity contribution in [2.24, 2.45) is 0 Å². The Hall–Kier alpha value is -0.910. The average Bonchev–Trinajstić information content (AvgIpc) is 2.26. The predicted octanol–water partition coefficient (Wildman–Crippen LogP) is 1.84. The first kappa shape index (κ1) is 13.5. The largest absolute Gasteiger partial charge is 0.378 e. The molecule has 1 aromatic rings. The van der Waals surface area contributed by atoms with Crippen LogP contribution in [0.25, 0.3) is 0 Å². The number of aryl methyl sites for hydroxylation is 1. The summed E-state index contributed by atoms with van der Waals surface area (Å²) in [6.45, 7) is 4.44. The van der Waals surface area contributed by atoms with Gasteiger partial charge in [0.05, 0.1) is 11.0 Å². The van der Waals surface area contributed by atoms with Crippen LogP contribution in [-0.2, 0) is 14.8 Å². The second kappa shape index (κ2) is 5.38. The summed E-state index contributed by atoms with van der Waals surface area (Å²) in [4.78, 5) is 0.366. The molecular formula is C13H19NO3S. The van der Waals surface area contributed by atoms with Crippen LogP contribution in [-0.4, -0.2) is 27.2 Å². The standard InChI is InChI=1S/C13H19NO3S/c1-3-17-12-8-11(9-12)14-18(15,16)13-7-5-4-6-10(13)2/h4-7,11-12,14H,3,8-9H2,1-2H3. The molecule has 0 radical (unpaired) electrons. The average molecular weight is 269 g/mol. The highest BCUT2D eigenvalue weighted by Crippen LogP contribution is 2.25. The summed E-state index contributed by atoms with van der Waals surface area (Å²) in [6, 6.07) is 7.02. The van der Waals surface area contributed by atoms with Gasteiger partial charge in [0.25, 0.3) is 0 Å². The molecule has 18 heavy (non-hydrogen) atoms. The molecule has 0 unspecified atom stereocenters. The smallest absolute Gasteiger partial charge is 0.241 e. The van der Waals surface area contributed by atoms with Crippen LogP contribution in [0.2, 0.25) is 0 Å². The minimum Gasteiger partial charge on any atom is -0.378 e. The number of hydrogen-bond acceptors (Lipinski definition) is 3. The second-order valence-electron chi connectivity index (χ2n) is 4.63. The predicted molar refractivity (Wildman–Crippen MR) is 69.9 cm³/mol. The van der Waals surface area contributed by atoms with Crippen molar-refractivity contribution < 1.29 is 13.2 Å². The summed E-state index contributed by atoms with van der Waals surface area (Å²) in [6.07, 6.45) is 1.73. The van der Waals surface area contributed by atoms with Gasteiger partial charge >= 0.3 is 0 Å². The molecule has 5 heteroatoms. The Morgan fingerprint density at radius 2 is 2.00 bits per heavy atom. The molecule has 0 saturated heterocycles. The zero-order chi connectivity index (χ0) is 13.2. The van der Waals surface area contributed by atoms with Crippen molar-refractivity contribution in [3.8, 4) is 0 Å². The molecule has 1 fully saturated rings. The lowest BCUT2D eigenvalue weighted by atomic mass is 9.90. The number of nitrogens with one attached hydrogen (secondary N) is 1. The summed E-state index contributed by atoms with van der Waals surface area (Å²) in [7, 11) is -3.39. The van der Waals surface area contributed by atoms with Crippen molar-refractivity contribution in [2.75, 3.05) is 6.61 Å². The van der Waals surface area contributed by atoms with Crippen molar-refractivity contribution in [1.82, 2.24) is 4.72 Å². The first-order valence-corrected chi connectivity index (χ1v) is 7.71. The van der Waals surface area contributed by atoms with E-state index in [1.165, 1.54) is 0 Å². The molecule has 0 atom stereocenters. The van der Waals surface area contributed by atoms with Crippen molar-refractivity contribution >= 4 is 10.0 Å². The van der Waals surface area contributed by atoms with E-state index in [4.69, 9.17) is 4.74 Å². The molecule has 1 aromatic carbocycles. The first-order chi connectivity index (χ1) is 8.53. The van der Waals surface area contributed by atoms with Crippen molar-refractivity contribution in [3.63, 3.8) is 0 Å². The third-order valence-electron chi connectivity index (χ3n) is 3.20. The normalized spacial score (nSPS) is 23.7. The van der Waals surface area contributed by atoms with Crippen LogP contribution in [0.3, 0.4) is 0 Å². The summed E-state index contributed by atoms with van der Waals surface area (Å²) in [5.41, 5.74) is 0.769. The fourth-order valence-electron chi connectivity index (χ4n) is 2.17. The van der Waals surface area contributed by atoms with Gasteiger partial charge in [-0.2, -0.15) is 0 Å². The minimum absolute atomic E-state index is 0.00570. The van der Waals surface area contributed by atoms with Gasteiger partial charge in [-0.1, -0.05) is 18.2 Å². The van der Waals surface area contributed by atoms with Gasteiger partial charge in [0.15, 0.2) is 0 Å². The van der Waals surface area contributed by atoms with Gasteiger partial charge in [-0.15, -0.1) is 0 Å². The number of rotatable bonds is 5. The summed E-state index contributed by atoms with van der Waals surface area (Å²) in [5.74, 6) is 0. The van der Waals surface area contributed by atoms with Gasteiger partial charge in [-0.3, -0.25) is 0 Å². The van der Waals surface area contributed by atoms with Gasteiger partial charge in [0, 0.05) is 12.6 Å². The molecule has 1 saturated carbocycles. The lowest BCUT2D eigenvalue weighted by Gasteiger charge is -2.35. The zero-order valence-electron chi connectivity index (χ0n) is 10.7. The van der Waals surface area contributed by atoms with Crippen LogP contribution >= 0.6 is 0 Å². The Morgan fingerprint density at radius 3 is 2.61 bits per heavy atom. The van der Waals surface area contributed by atoms with E-state index in [0.29, 0.717) is 11.5 Å². The molecule has 2 rings (SSSR count). The Labute approximate surface area is 108 Å². The van der Waals surface area contributed by atoms with Crippen LogP contribution in [0, 0.1) is 6.92 Å². The SMILES string of the molecule is CCOC1CC(NS(=O)(=O)c2ccccc2C)C1. The zero-order valence-corrected chi connectivity index (χ0v) is 11.5. The lowest BCUT2D eigenvalue weighted by Crippen LogP contribution is -2.47. The van der Waals surface area contributed by atoms with E-state index in [2.05, 4.69) is 4.72 Å². The maximum Gasteiger partial charge on any atom is 0.241 e. The number of sulfonamides is 1. The molecule has 1 aliphatic rings. The van der Waals surface area contributed by atoms with Crippen molar-refractivity contribution in [2.45, 2.75) is 43.7 Å². The summed E-state index contributed by atoms with van der Waals surface area (Å²) in [5, 5.41) is 0. The second-order valence-corrected chi connectivity index (χ2v) is 6.31. The number of ether oxygens (including phenoxy) is 1. The first-order valence-electron chi connectivity index (χ1n) is 6.22. The molecule has 0 spiro atoms. The van der Waals surface area contributed by atoms with Crippen LogP contribution in [0.5, 0.6) is 0 Å². The quantitative estimate of drug-likeness (QED) is 0.887. The van der Waals surface area contributed by atoms with E-state index in [-0.39, 0.29) is 12.1 Å². The van der Waals surface area contributed by atoms with Crippen molar-refractivity contribution in [3.05, 3.63) is 29.8 Å². The van der Waals surface area contributed by atoms with Gasteiger partial charge < -0.3 is 4.74 Å². The number of benzene rings is 1. The minimum atomic E-state index is -3.39. The number of hydrogen-bond donors (Lipinski definition) is 1. The Kier molecular flexibility index (Phi) is 4.04. The van der Waals surface area contributed by atoms with E-state index in [1.807, 2.05) is 13.0 Å². The molecule has 0 bridgehead atoms. The fourth-order valence-corrected chi connectivity index (χ4v) is 3.68. The monoisotopic (exact) mass is 269 g/mol. The Bertz CT molecular complexity index is 507. The topological polar surface area (TPSA) is 55.4 Å². The maximum atomic E-state index is 12.2. The van der Waals surface area contributed by atoms with Gasteiger partial charge in [-0.05, 0) is 38.3 Å². The van der Waals surface area contributed by atoms with E-state index in [1.54, 1.807) is 25.1 Å². The van der Waals surface area contributed by atoms with Crippen molar-refractivity contribution in [1.29, 1.82) is 0 Å². The summed E-state index contributed by atoms with van der Waals surface area (Å²) < 4.78 is 32.5. The third-order valence-corrected chi connectivity index (χ3v) is 4.88. The van der Waals surface area contributed by atoms with E-state index >= 15 is 0 Å². The highest BCUT2D eigenvalue weighted by Gasteiger charge is 2.33. The Balaban J connectivity index is 2.00. The molecule has 100 valence electrons. The molecule has 0 aliphatic heterocycles. The molecule has 4 nitrogen and oxygen atoms in total. The van der Waals surface area contributed by atoms with Gasteiger partial charge in [-0.25, -0.2) is 13.1 Å². The van der Waals surface area contributed by atoms with Crippen LogP contribution < -0.4 is 4.72 Å². The van der Waals surface area contributed by atoms with Crippen LogP contribution in [0.15, 0.2) is 29.2 Å². The molecule has 1 aliphatic carbocycles. The lowest BCUT2D eigenvalue weighted by molar-refractivity contribution is -0.00475. The van der Waals surface area contributed by atoms with E-state index in [9.17, 15) is 8.42 Å². The molecule has 0 amide bonds. The molecular weight excluding hydrogens is 250 g/mol. The highest BCUT2D eigenvalue weighted by molar-refractivity contribution is 7.89. The van der Waals surface area contributed by atoms with Gasteiger partial charge in [0.1, 0.15) is 0 Å². The van der Waals surface area contributed by atoms with Crippen LogP contribution in [0.1, 0.15) is 25.3 Å². The highest BCUT2D eigenvalue weighted by atomic mass is 32.2. The Morgan fingerprint density at radius 1 is 1.33 bits per heavy atom. The summed E-state index contributed by atoms with van der Waals surface area (Å²) >= 11 is 0. The van der Waals surface area contributed by atoms with E-state index < -0.39 is 10.0 Å². The molecule has 0 heterocycles. The molecule has 0 aromatic heterocycles. The van der Waals surface area contributed by atoms with Gasteiger partial charge in [0.2, 0.25) is 10.0 Å². The van der Waals surface area contributed by atoms with E-state index in [0.717, 1.165) is 18.4 Å². The molecule has 1 N–H and O–H groups in total. The fraction of sp³-hybridized carbons (Fsp3) is 0.538. The third kappa shape index (κ3) is 2.91. The maximum absolute atomic E-state index is 12.2.